The van der Waals surface area contributed by atoms with Crippen LogP contribution in [0.5, 0.6) is 11.5 Å². The first-order valence-corrected chi connectivity index (χ1v) is 14.5. The van der Waals surface area contributed by atoms with Crippen LogP contribution in [0.4, 0.5) is 22.0 Å². The summed E-state index contributed by atoms with van der Waals surface area (Å²) in [7, 11) is 0. The minimum absolute atomic E-state index is 0.00180. The predicted molar refractivity (Wildman–Crippen MR) is 159 cm³/mol. The second kappa shape index (κ2) is 12.5. The highest BCUT2D eigenvalue weighted by Crippen LogP contribution is 2.42. The van der Waals surface area contributed by atoms with Crippen molar-refractivity contribution in [3.63, 3.8) is 0 Å². The average Bonchev–Trinajstić information content (AvgIpc) is 3.41. The lowest BCUT2D eigenvalue weighted by Gasteiger charge is -2.18. The molecule has 1 N–H and O–H groups in total. The zero-order valence-corrected chi connectivity index (χ0v) is 25.3. The molecule has 0 aliphatic rings. The molecule has 0 spiro atoms. The average molecular weight is 679 g/mol. The third-order valence-corrected chi connectivity index (χ3v) is 8.08. The second-order valence-corrected chi connectivity index (χ2v) is 11.2. The van der Waals surface area contributed by atoms with Gasteiger partial charge in [-0.2, -0.15) is 18.4 Å². The Morgan fingerprint density at radius 1 is 1.15 bits per heavy atom. The fourth-order valence-corrected chi connectivity index (χ4v) is 6.11. The van der Waals surface area contributed by atoms with Crippen molar-refractivity contribution in [3.05, 3.63) is 79.3 Å². The molecule has 0 saturated carbocycles. The highest BCUT2D eigenvalue weighted by Gasteiger charge is 2.38. The van der Waals surface area contributed by atoms with Crippen LogP contribution in [-0.2, 0) is 12.7 Å². The number of halogens is 6. The molecule has 0 atom stereocenters. The lowest BCUT2D eigenvalue weighted by molar-refractivity contribution is -0.139. The van der Waals surface area contributed by atoms with E-state index in [9.17, 15) is 41.9 Å². The van der Waals surface area contributed by atoms with Crippen LogP contribution in [0.2, 0.25) is 5.02 Å². The fourth-order valence-electron chi connectivity index (χ4n) is 4.92. The Morgan fingerprint density at radius 2 is 1.89 bits per heavy atom. The lowest BCUT2D eigenvalue weighted by Crippen LogP contribution is -2.28. The number of alkyl halides is 5. The number of aryl methyl sites for hydroxylation is 2. The molecule has 3 aromatic heterocycles. The van der Waals surface area contributed by atoms with Gasteiger partial charge in [-0.3, -0.25) is 14.3 Å². The van der Waals surface area contributed by atoms with Crippen LogP contribution in [0.1, 0.15) is 33.0 Å². The maximum absolute atomic E-state index is 13.8. The fraction of sp³-hybridized carbons (Fsp3) is 0.233. The number of hydrogen-bond acceptors (Lipinski definition) is 8. The van der Waals surface area contributed by atoms with Gasteiger partial charge in [-0.15, -0.1) is 11.3 Å². The molecule has 0 aliphatic carbocycles. The number of carboxylic acids is 1. The van der Waals surface area contributed by atoms with Crippen molar-refractivity contribution in [1.29, 1.82) is 5.26 Å². The number of nitriles is 1. The van der Waals surface area contributed by atoms with Gasteiger partial charge in [-0.1, -0.05) is 11.6 Å². The van der Waals surface area contributed by atoms with Crippen molar-refractivity contribution >= 4 is 50.0 Å². The Balaban J connectivity index is 1.54. The number of rotatable bonds is 9. The summed E-state index contributed by atoms with van der Waals surface area (Å²) in [5.41, 5.74) is -1.76. The normalized spacial score (nSPS) is 11.7. The molecule has 2 aromatic carbocycles. The molecule has 9 nitrogen and oxygen atoms in total. The predicted octanol–water partition coefficient (Wildman–Crippen LogP) is 7.26. The number of hydrogen-bond donors (Lipinski definition) is 1. The summed E-state index contributed by atoms with van der Waals surface area (Å²) in [4.78, 5) is 33.8. The van der Waals surface area contributed by atoms with Crippen LogP contribution in [-0.4, -0.2) is 45.3 Å². The van der Waals surface area contributed by atoms with Gasteiger partial charge in [0.25, 0.3) is 12.0 Å². The van der Waals surface area contributed by atoms with E-state index in [2.05, 4.69) is 9.97 Å². The highest BCUT2D eigenvalue weighted by atomic mass is 35.5. The summed E-state index contributed by atoms with van der Waals surface area (Å²) in [5.74, 6) is -2.00. The molecule has 0 bridgehead atoms. The summed E-state index contributed by atoms with van der Waals surface area (Å²) in [6.07, 6.45) is -8.24. The summed E-state index contributed by atoms with van der Waals surface area (Å²) in [5, 5.41) is 20.6. The molecule has 0 fully saturated rings. The first-order valence-electron chi connectivity index (χ1n) is 13.2. The van der Waals surface area contributed by atoms with Gasteiger partial charge in [0, 0.05) is 27.2 Å². The van der Waals surface area contributed by atoms with Gasteiger partial charge in [0.2, 0.25) is 0 Å². The molecule has 0 saturated heterocycles. The van der Waals surface area contributed by atoms with Gasteiger partial charge >= 0.3 is 12.1 Å². The monoisotopic (exact) mass is 678 g/mol. The van der Waals surface area contributed by atoms with Crippen LogP contribution in [0.15, 0.2) is 40.5 Å². The van der Waals surface area contributed by atoms with E-state index in [1.54, 1.807) is 31.2 Å². The molecule has 0 amide bonds. The van der Waals surface area contributed by atoms with Gasteiger partial charge in [-0.25, -0.2) is 18.6 Å². The number of ether oxygens (including phenoxy) is 2. The van der Waals surface area contributed by atoms with Crippen molar-refractivity contribution in [3.8, 4) is 28.7 Å². The van der Waals surface area contributed by atoms with E-state index in [0.29, 0.717) is 43.9 Å². The van der Waals surface area contributed by atoms with Gasteiger partial charge in [-0.05, 0) is 44.2 Å². The molecule has 16 heteroatoms. The van der Waals surface area contributed by atoms with Crippen LogP contribution in [0.25, 0.3) is 32.2 Å². The molecular formula is C30H20ClF5N4O5S. The molecule has 0 unspecified atom stereocenters. The van der Waals surface area contributed by atoms with Crippen LogP contribution in [0.3, 0.4) is 0 Å². The topological polar surface area (TPSA) is 127 Å². The van der Waals surface area contributed by atoms with Gasteiger partial charge in [0.1, 0.15) is 42.0 Å². The number of carboxylic acid groups (broad SMARTS) is 1. The van der Waals surface area contributed by atoms with E-state index in [1.807, 2.05) is 0 Å². The molecule has 3 heterocycles. The zero-order chi connectivity index (χ0) is 33.5. The summed E-state index contributed by atoms with van der Waals surface area (Å²) >= 11 is 7.48. The Bertz CT molecular complexity index is 2120. The molecule has 46 heavy (non-hydrogen) atoms. The van der Waals surface area contributed by atoms with Crippen molar-refractivity contribution in [2.24, 2.45) is 0 Å². The Labute approximate surface area is 265 Å². The number of nitrogens with zero attached hydrogens (tertiary/aromatic N) is 4. The van der Waals surface area contributed by atoms with Gasteiger partial charge in [0.15, 0.2) is 5.75 Å². The van der Waals surface area contributed by atoms with E-state index in [4.69, 9.17) is 21.1 Å². The van der Waals surface area contributed by atoms with E-state index < -0.39 is 58.5 Å². The number of fused-ring (bicyclic) bond motifs is 2. The van der Waals surface area contributed by atoms with Crippen LogP contribution in [0, 0.1) is 25.2 Å². The zero-order valence-electron chi connectivity index (χ0n) is 23.7. The quantitative estimate of drug-likeness (QED) is 0.162. The number of pyridine rings is 1. The third-order valence-electron chi connectivity index (χ3n) is 6.85. The molecule has 238 valence electrons. The number of aromatic carboxylic acids is 1. The van der Waals surface area contributed by atoms with E-state index >= 15 is 0 Å². The molecule has 0 aliphatic heterocycles. The van der Waals surface area contributed by atoms with E-state index in [1.165, 1.54) is 29.7 Å². The number of carbonyl (C=O) groups is 1. The molecule has 0 radical (unpaired) electrons. The SMILES string of the molecule is Cc1cc(-c2cc(Cl)ccc2OCCn2c(C)nc3cc(C(F)(F)F)c(OCC(F)F)c(C#N)c3c2=O)c2scc(C(=O)O)c2n1. The molecular weight excluding hydrogens is 659 g/mol. The lowest BCUT2D eigenvalue weighted by atomic mass is 10.0. The molecule has 5 aromatic rings. The van der Waals surface area contributed by atoms with Crippen molar-refractivity contribution < 1.29 is 41.3 Å². The first kappa shape index (κ1) is 32.6. The van der Waals surface area contributed by atoms with Crippen molar-refractivity contribution in [2.75, 3.05) is 13.2 Å². The summed E-state index contributed by atoms with van der Waals surface area (Å²) in [6, 6.07) is 8.50. The minimum atomic E-state index is -5.09. The standard InChI is InChI=1S/C30H20ClF5N4O5S/c1-13-7-17(27-25(38-13)19(12-46-27)29(42)43)16-8-15(31)3-4-22(16)44-6-5-40-14(2)39-21-9-20(30(34,35)36)26(45-11-23(32)33)18(10-37)24(21)28(40)41/h3-4,7-9,12,23H,5-6,11H2,1-2H3,(H,42,43). The highest BCUT2D eigenvalue weighted by molar-refractivity contribution is 7.18. The van der Waals surface area contributed by atoms with Crippen molar-refractivity contribution in [2.45, 2.75) is 33.0 Å². The summed E-state index contributed by atoms with van der Waals surface area (Å²) in [6.45, 7) is 1.30. The largest absolute Gasteiger partial charge is 0.491 e. The third kappa shape index (κ3) is 6.18. The number of aromatic nitrogens is 3. The first-order chi connectivity index (χ1) is 21.7. The maximum atomic E-state index is 13.8. The maximum Gasteiger partial charge on any atom is 0.420 e. The number of benzene rings is 2. The van der Waals surface area contributed by atoms with Crippen molar-refractivity contribution in [1.82, 2.24) is 14.5 Å². The Hall–Kier alpha value is -4.81. The van der Waals surface area contributed by atoms with Gasteiger partial charge < -0.3 is 14.6 Å². The summed E-state index contributed by atoms with van der Waals surface area (Å²) < 4.78 is 79.5. The minimum Gasteiger partial charge on any atom is -0.491 e. The Kier molecular flexibility index (Phi) is 8.87. The number of thiophene rings is 1. The van der Waals surface area contributed by atoms with Gasteiger partial charge in [0.05, 0.1) is 33.2 Å². The van der Waals surface area contributed by atoms with E-state index in [0.717, 1.165) is 4.57 Å². The smallest absolute Gasteiger partial charge is 0.420 e. The van der Waals surface area contributed by atoms with Crippen LogP contribution >= 0.6 is 22.9 Å². The Morgan fingerprint density at radius 3 is 2.54 bits per heavy atom. The van der Waals surface area contributed by atoms with Crippen LogP contribution < -0.4 is 15.0 Å². The molecule has 5 rings (SSSR count). The van der Waals surface area contributed by atoms with E-state index in [-0.39, 0.29) is 24.5 Å². The second-order valence-electron chi connectivity index (χ2n) is 9.88.